The molecule has 2 saturated heterocycles. The molecule has 2 amide bonds. The maximum atomic E-state index is 12.7. The van der Waals surface area contributed by atoms with E-state index in [1.165, 1.54) is 7.05 Å². The average molecular weight is 346 g/mol. The first-order valence-electron chi connectivity index (χ1n) is 8.25. The van der Waals surface area contributed by atoms with Crippen LogP contribution in [0.4, 0.5) is 0 Å². The van der Waals surface area contributed by atoms with E-state index in [2.05, 4.69) is 5.32 Å². The molecule has 2 aliphatic heterocycles. The van der Waals surface area contributed by atoms with Crippen molar-refractivity contribution in [2.24, 2.45) is 11.8 Å². The lowest BCUT2D eigenvalue weighted by molar-refractivity contribution is -0.155. The van der Waals surface area contributed by atoms with Crippen LogP contribution in [0, 0.1) is 11.8 Å². The monoisotopic (exact) mass is 346 g/mol. The van der Waals surface area contributed by atoms with Crippen molar-refractivity contribution in [2.45, 2.75) is 25.4 Å². The fourth-order valence-electron chi connectivity index (χ4n) is 3.85. The third-order valence-corrected chi connectivity index (χ3v) is 5.18. The van der Waals surface area contributed by atoms with Gasteiger partial charge in [0, 0.05) is 13.1 Å². The predicted molar refractivity (Wildman–Crippen MR) is 88.7 cm³/mol. The largest absolute Gasteiger partial charge is 0.497 e. The van der Waals surface area contributed by atoms with Crippen molar-refractivity contribution in [3.05, 3.63) is 29.8 Å². The van der Waals surface area contributed by atoms with Crippen LogP contribution in [0.2, 0.25) is 0 Å². The lowest BCUT2D eigenvalue weighted by atomic mass is 9.80. The smallest absolute Gasteiger partial charge is 0.326 e. The normalized spacial score (nSPS) is 31.2. The fraction of sp³-hybridized carbons (Fsp3) is 0.500. The zero-order valence-electron chi connectivity index (χ0n) is 14.7. The first-order valence-corrected chi connectivity index (χ1v) is 8.25. The quantitative estimate of drug-likeness (QED) is 0.644. The Balaban J connectivity index is 2.03. The van der Waals surface area contributed by atoms with Crippen LogP contribution in [0.3, 0.4) is 0 Å². The van der Waals surface area contributed by atoms with Crippen LogP contribution in [0.1, 0.15) is 25.5 Å². The Kier molecular flexibility index (Phi) is 4.28. The lowest BCUT2D eigenvalue weighted by Gasteiger charge is -2.28. The zero-order valence-corrected chi connectivity index (χ0v) is 14.7. The Bertz CT molecular complexity index is 717. The number of esters is 1. The molecule has 25 heavy (non-hydrogen) atoms. The molecule has 1 N–H and O–H groups in total. The van der Waals surface area contributed by atoms with Crippen molar-refractivity contribution in [3.8, 4) is 5.75 Å². The second-order valence-corrected chi connectivity index (χ2v) is 6.56. The van der Waals surface area contributed by atoms with Crippen LogP contribution in [-0.2, 0) is 19.1 Å². The standard InChI is InChI=1S/C18H22N2O5/c1-5-25-17(23)18(2)13-12(15(21)20(3)16(13)22)14(19-18)10-6-8-11(24-4)9-7-10/h6-9,12-14,19H,5H2,1-4H3/t12-,13-,14-,18-/m0/s1. The maximum absolute atomic E-state index is 12.7. The lowest BCUT2D eigenvalue weighted by Crippen LogP contribution is -2.53. The molecule has 3 rings (SSSR count). The van der Waals surface area contributed by atoms with Crippen molar-refractivity contribution in [2.75, 3.05) is 20.8 Å². The van der Waals surface area contributed by atoms with Gasteiger partial charge in [0.15, 0.2) is 0 Å². The van der Waals surface area contributed by atoms with E-state index in [1.807, 2.05) is 12.1 Å². The summed E-state index contributed by atoms with van der Waals surface area (Å²) in [5.74, 6) is -1.88. The molecule has 0 unspecified atom stereocenters. The third-order valence-electron chi connectivity index (χ3n) is 5.18. The van der Waals surface area contributed by atoms with E-state index in [4.69, 9.17) is 9.47 Å². The molecule has 7 nitrogen and oxygen atoms in total. The number of fused-ring (bicyclic) bond motifs is 1. The van der Waals surface area contributed by atoms with E-state index < -0.39 is 29.4 Å². The highest BCUT2D eigenvalue weighted by Gasteiger charge is 2.66. The summed E-state index contributed by atoms with van der Waals surface area (Å²) in [7, 11) is 3.03. The van der Waals surface area contributed by atoms with Gasteiger partial charge < -0.3 is 9.47 Å². The number of amides is 2. The topological polar surface area (TPSA) is 84.9 Å². The summed E-state index contributed by atoms with van der Waals surface area (Å²) in [6, 6.07) is 6.79. The number of imide groups is 1. The summed E-state index contributed by atoms with van der Waals surface area (Å²) in [5, 5.41) is 3.21. The number of carbonyl (C=O) groups excluding carboxylic acids is 3. The first-order chi connectivity index (χ1) is 11.8. The van der Waals surface area contributed by atoms with E-state index in [0.717, 1.165) is 10.5 Å². The number of hydrogen-bond acceptors (Lipinski definition) is 6. The average Bonchev–Trinajstić information content (AvgIpc) is 3.05. The Morgan fingerprint density at radius 2 is 1.88 bits per heavy atom. The summed E-state index contributed by atoms with van der Waals surface area (Å²) < 4.78 is 10.3. The van der Waals surface area contributed by atoms with E-state index in [0.29, 0.717) is 5.75 Å². The number of likely N-dealkylation sites (tertiary alicyclic amines) is 1. The number of nitrogens with zero attached hydrogens (tertiary/aromatic N) is 1. The fourth-order valence-corrected chi connectivity index (χ4v) is 3.85. The van der Waals surface area contributed by atoms with E-state index in [9.17, 15) is 14.4 Å². The summed E-state index contributed by atoms with van der Waals surface area (Å²) in [4.78, 5) is 39.0. The summed E-state index contributed by atoms with van der Waals surface area (Å²) in [6.45, 7) is 3.55. The van der Waals surface area contributed by atoms with E-state index >= 15 is 0 Å². The van der Waals surface area contributed by atoms with E-state index in [-0.39, 0.29) is 18.4 Å². The number of hydrogen-bond donors (Lipinski definition) is 1. The summed E-state index contributed by atoms with van der Waals surface area (Å²) >= 11 is 0. The molecule has 2 fully saturated rings. The predicted octanol–water partition coefficient (Wildman–Crippen LogP) is 0.892. The minimum atomic E-state index is -1.25. The highest BCUT2D eigenvalue weighted by molar-refractivity contribution is 6.09. The van der Waals surface area contributed by atoms with Gasteiger partial charge in [-0.25, -0.2) is 0 Å². The van der Waals surface area contributed by atoms with Gasteiger partial charge in [-0.15, -0.1) is 0 Å². The van der Waals surface area contributed by atoms with Crippen LogP contribution >= 0.6 is 0 Å². The SMILES string of the molecule is CCOC(=O)[C@@]1(C)N[C@@H](c2ccc(OC)cc2)[C@H]2C(=O)N(C)C(=O)[C@H]21. The molecule has 7 heteroatoms. The molecule has 4 atom stereocenters. The van der Waals surface area contributed by atoms with Gasteiger partial charge in [-0.1, -0.05) is 12.1 Å². The minimum absolute atomic E-state index is 0.207. The number of carbonyl (C=O) groups is 3. The van der Waals surface area contributed by atoms with Crippen molar-refractivity contribution >= 4 is 17.8 Å². The van der Waals surface area contributed by atoms with Gasteiger partial charge in [0.25, 0.3) is 0 Å². The Morgan fingerprint density at radius 1 is 1.24 bits per heavy atom. The number of nitrogens with one attached hydrogen (secondary N) is 1. The second kappa shape index (κ2) is 6.15. The number of rotatable bonds is 4. The molecular weight excluding hydrogens is 324 g/mol. The van der Waals surface area contributed by atoms with Gasteiger partial charge in [-0.3, -0.25) is 24.6 Å². The second-order valence-electron chi connectivity index (χ2n) is 6.56. The van der Waals surface area contributed by atoms with Gasteiger partial charge in [-0.2, -0.15) is 0 Å². The van der Waals surface area contributed by atoms with Gasteiger partial charge >= 0.3 is 5.97 Å². The minimum Gasteiger partial charge on any atom is -0.497 e. The first kappa shape index (κ1) is 17.4. The molecule has 0 bridgehead atoms. The highest BCUT2D eigenvalue weighted by atomic mass is 16.5. The Morgan fingerprint density at radius 3 is 2.44 bits per heavy atom. The van der Waals surface area contributed by atoms with E-state index in [1.54, 1.807) is 33.1 Å². The molecule has 134 valence electrons. The van der Waals surface area contributed by atoms with Crippen molar-refractivity contribution in [1.29, 1.82) is 0 Å². The molecule has 1 aromatic rings. The van der Waals surface area contributed by atoms with Gasteiger partial charge in [-0.05, 0) is 31.5 Å². The van der Waals surface area contributed by atoms with Crippen molar-refractivity contribution in [1.82, 2.24) is 10.2 Å². The number of benzene rings is 1. The maximum Gasteiger partial charge on any atom is 0.326 e. The van der Waals surface area contributed by atoms with Crippen LogP contribution in [0.5, 0.6) is 5.75 Å². The molecule has 0 saturated carbocycles. The molecule has 0 aliphatic carbocycles. The summed E-state index contributed by atoms with van der Waals surface area (Å²) in [6.07, 6.45) is 0. The highest BCUT2D eigenvalue weighted by Crippen LogP contribution is 2.48. The van der Waals surface area contributed by atoms with Gasteiger partial charge in [0.05, 0.1) is 25.6 Å². The van der Waals surface area contributed by atoms with Crippen molar-refractivity contribution in [3.63, 3.8) is 0 Å². The molecule has 1 aromatic carbocycles. The number of methoxy groups -OCH3 is 1. The van der Waals surface area contributed by atoms with Crippen molar-refractivity contribution < 1.29 is 23.9 Å². The van der Waals surface area contributed by atoms with Crippen LogP contribution in [-0.4, -0.2) is 49.0 Å². The Hall–Kier alpha value is -2.41. The Labute approximate surface area is 146 Å². The number of ether oxygens (including phenoxy) is 2. The van der Waals surface area contributed by atoms with Crippen LogP contribution < -0.4 is 10.1 Å². The zero-order chi connectivity index (χ0) is 18.4. The third kappa shape index (κ3) is 2.50. The molecule has 0 aromatic heterocycles. The molecular formula is C18H22N2O5. The molecule has 0 radical (unpaired) electrons. The van der Waals surface area contributed by atoms with Crippen LogP contribution in [0.15, 0.2) is 24.3 Å². The molecule has 0 spiro atoms. The summed E-state index contributed by atoms with van der Waals surface area (Å²) in [5.41, 5.74) is -0.428. The van der Waals surface area contributed by atoms with Crippen LogP contribution in [0.25, 0.3) is 0 Å². The molecule has 2 heterocycles. The molecule has 2 aliphatic rings. The van der Waals surface area contributed by atoms with Gasteiger partial charge in [0.1, 0.15) is 11.3 Å². The van der Waals surface area contributed by atoms with Gasteiger partial charge in [0.2, 0.25) is 11.8 Å².